The highest BCUT2D eigenvalue weighted by Crippen LogP contribution is 2.30. The van der Waals surface area contributed by atoms with Crippen molar-refractivity contribution < 1.29 is 4.79 Å². The van der Waals surface area contributed by atoms with E-state index in [1.54, 1.807) is 16.9 Å². The third-order valence-electron chi connectivity index (χ3n) is 6.00. The molecule has 0 saturated carbocycles. The summed E-state index contributed by atoms with van der Waals surface area (Å²) in [4.78, 5) is 26.5. The van der Waals surface area contributed by atoms with Crippen molar-refractivity contribution in [3.8, 4) is 6.07 Å². The summed E-state index contributed by atoms with van der Waals surface area (Å²) in [6, 6.07) is 15.0. The highest BCUT2D eigenvalue weighted by molar-refractivity contribution is 6.31. The number of nitriles is 1. The molecule has 0 spiro atoms. The number of rotatable bonds is 6. The van der Waals surface area contributed by atoms with Gasteiger partial charge in [-0.2, -0.15) is 10.4 Å². The molecule has 7 heteroatoms. The van der Waals surface area contributed by atoms with Gasteiger partial charge in [-0.1, -0.05) is 31.2 Å². The third-order valence-corrected chi connectivity index (χ3v) is 6.00. The molecule has 0 saturated heterocycles. The summed E-state index contributed by atoms with van der Waals surface area (Å²) in [5, 5.41) is 14.5. The molecule has 0 fully saturated rings. The second-order valence-electron chi connectivity index (χ2n) is 8.53. The number of para-hydroxylation sites is 1. The molecule has 7 nitrogen and oxygen atoms in total. The molecule has 5 rings (SSSR count). The van der Waals surface area contributed by atoms with Gasteiger partial charge in [-0.05, 0) is 42.5 Å². The Morgan fingerprint density at radius 2 is 2.24 bits per heavy atom. The van der Waals surface area contributed by atoms with Crippen LogP contribution in [-0.2, 0) is 6.42 Å². The van der Waals surface area contributed by atoms with Gasteiger partial charge >= 0.3 is 0 Å². The van der Waals surface area contributed by atoms with Crippen LogP contribution in [0.5, 0.6) is 0 Å². The van der Waals surface area contributed by atoms with E-state index in [1.807, 2.05) is 48.7 Å². The fourth-order valence-corrected chi connectivity index (χ4v) is 4.38. The number of fused-ring (bicyclic) bond motifs is 2. The molecule has 33 heavy (non-hydrogen) atoms. The summed E-state index contributed by atoms with van der Waals surface area (Å²) in [6.45, 7) is 2.91. The fraction of sp³-hybridized carbons (Fsp3) is 0.269. The van der Waals surface area contributed by atoms with Crippen LogP contribution in [0.25, 0.3) is 16.4 Å². The lowest BCUT2D eigenvalue weighted by Crippen LogP contribution is -2.20. The third kappa shape index (κ3) is 4.08. The first-order chi connectivity index (χ1) is 16.1. The van der Waals surface area contributed by atoms with Gasteiger partial charge in [0.2, 0.25) is 0 Å². The van der Waals surface area contributed by atoms with Crippen molar-refractivity contribution in [2.24, 2.45) is 15.9 Å². The summed E-state index contributed by atoms with van der Waals surface area (Å²) in [7, 11) is 0. The van der Waals surface area contributed by atoms with Crippen LogP contribution in [0.4, 0.5) is 0 Å². The van der Waals surface area contributed by atoms with Crippen molar-refractivity contribution in [1.82, 2.24) is 14.6 Å². The number of nitrogens with one attached hydrogen (secondary N) is 1. The minimum absolute atomic E-state index is 0.110. The Morgan fingerprint density at radius 3 is 3.06 bits per heavy atom. The minimum atomic E-state index is -0.765. The van der Waals surface area contributed by atoms with Gasteiger partial charge in [0.05, 0.1) is 23.0 Å². The van der Waals surface area contributed by atoms with E-state index in [1.165, 1.54) is 0 Å². The largest absolute Gasteiger partial charge is 0.360 e. The zero-order valence-corrected chi connectivity index (χ0v) is 18.4. The Kier molecular flexibility index (Phi) is 5.57. The van der Waals surface area contributed by atoms with Crippen molar-refractivity contribution in [2.75, 3.05) is 6.54 Å². The molecule has 1 aliphatic heterocycles. The number of ketones is 1. The van der Waals surface area contributed by atoms with Gasteiger partial charge in [0.15, 0.2) is 11.8 Å². The second-order valence-corrected chi connectivity index (χ2v) is 8.53. The second kappa shape index (κ2) is 8.83. The number of carbonyl (C=O) groups is 1. The molecular weight excluding hydrogens is 412 g/mol. The van der Waals surface area contributed by atoms with Gasteiger partial charge in [-0.15, -0.1) is 0 Å². The van der Waals surface area contributed by atoms with Crippen LogP contribution in [0.1, 0.15) is 47.4 Å². The number of aromatic nitrogens is 3. The molecule has 0 radical (unpaired) electrons. The number of hydrogen-bond acceptors (Lipinski definition) is 5. The van der Waals surface area contributed by atoms with Crippen LogP contribution in [0, 0.1) is 17.2 Å². The molecule has 2 unspecified atom stereocenters. The number of H-pyrrole nitrogens is 1. The number of nitrogens with zero attached hydrogens (tertiary/aromatic N) is 5. The molecule has 0 bridgehead atoms. The van der Waals surface area contributed by atoms with E-state index in [-0.39, 0.29) is 5.78 Å². The molecule has 4 heterocycles. The topological polar surface area (TPSA) is 98.7 Å². The average Bonchev–Trinajstić information content (AvgIpc) is 3.45. The zero-order valence-electron chi connectivity index (χ0n) is 18.4. The number of carbonyl (C=O) groups excluding carboxylic acids is 1. The normalized spacial score (nSPS) is 18.1. The van der Waals surface area contributed by atoms with Gasteiger partial charge in [0, 0.05) is 48.0 Å². The van der Waals surface area contributed by atoms with Crippen molar-refractivity contribution in [3.05, 3.63) is 71.7 Å². The van der Waals surface area contributed by atoms with E-state index in [4.69, 9.17) is 10.3 Å². The molecule has 0 amide bonds. The zero-order chi connectivity index (χ0) is 22.8. The van der Waals surface area contributed by atoms with Crippen LogP contribution in [0.15, 0.2) is 64.8 Å². The maximum atomic E-state index is 13.9. The van der Waals surface area contributed by atoms with Gasteiger partial charge in [0.1, 0.15) is 0 Å². The number of hydrogen-bond donors (Lipinski definition) is 1. The van der Waals surface area contributed by atoms with E-state index in [0.717, 1.165) is 40.7 Å². The maximum absolute atomic E-state index is 13.9. The predicted octanol–water partition coefficient (Wildman–Crippen LogP) is 4.75. The van der Waals surface area contributed by atoms with E-state index < -0.39 is 6.04 Å². The highest BCUT2D eigenvalue weighted by Gasteiger charge is 2.28. The quantitative estimate of drug-likeness (QED) is 0.442. The Bertz CT molecular complexity index is 1400. The monoisotopic (exact) mass is 436 g/mol. The van der Waals surface area contributed by atoms with Crippen LogP contribution >= 0.6 is 0 Å². The smallest absolute Gasteiger partial charge is 0.195 e. The predicted molar refractivity (Wildman–Crippen MR) is 129 cm³/mol. The van der Waals surface area contributed by atoms with E-state index in [0.29, 0.717) is 30.0 Å². The maximum Gasteiger partial charge on any atom is 0.195 e. The van der Waals surface area contributed by atoms with Crippen molar-refractivity contribution in [2.45, 2.75) is 32.2 Å². The molecule has 0 aliphatic carbocycles. The van der Waals surface area contributed by atoms with E-state index >= 15 is 0 Å². The first-order valence-corrected chi connectivity index (χ1v) is 11.1. The lowest BCUT2D eigenvalue weighted by atomic mass is 9.98. The van der Waals surface area contributed by atoms with Gasteiger partial charge in [0.25, 0.3) is 0 Å². The Hall–Kier alpha value is -4.05. The van der Waals surface area contributed by atoms with Crippen LogP contribution in [-0.4, -0.2) is 38.9 Å². The number of pyridine rings is 1. The van der Waals surface area contributed by atoms with Crippen molar-refractivity contribution >= 4 is 34.1 Å². The fourth-order valence-electron chi connectivity index (χ4n) is 4.38. The first kappa shape index (κ1) is 20.8. The molecule has 1 N–H and O–H groups in total. The van der Waals surface area contributed by atoms with E-state index in [9.17, 15) is 4.79 Å². The Balaban J connectivity index is 1.60. The molecule has 3 aromatic heterocycles. The minimum Gasteiger partial charge on any atom is -0.360 e. The summed E-state index contributed by atoms with van der Waals surface area (Å²) < 4.78 is 1.77. The standard InChI is InChI=1S/C26H24N6O/c1-17-12-19(15-28-14-17)30-25(23-13-20-8-2-3-11-32(20)31-23)26(33)22-16-29-24-18(7-5-10-27)6-4-9-21(22)24/h2-4,6,8-9,11,13,15-17,25,29H,5,7,12,14H2,1H3. The van der Waals surface area contributed by atoms with Crippen molar-refractivity contribution in [1.29, 1.82) is 5.26 Å². The molecule has 164 valence electrons. The number of Topliss-reactive ketones (excluding diaryl/α,β-unsaturated/α-hetero) is 1. The molecule has 1 aromatic carbocycles. The number of benzene rings is 1. The molecule has 2 atom stereocenters. The highest BCUT2D eigenvalue weighted by atomic mass is 16.1. The van der Waals surface area contributed by atoms with Crippen LogP contribution in [0.2, 0.25) is 0 Å². The van der Waals surface area contributed by atoms with Gasteiger partial charge in [-0.3, -0.25) is 14.8 Å². The van der Waals surface area contributed by atoms with Crippen molar-refractivity contribution in [3.63, 3.8) is 0 Å². The van der Waals surface area contributed by atoms with Crippen LogP contribution in [0.3, 0.4) is 0 Å². The molecular formula is C26H24N6O. The van der Waals surface area contributed by atoms with Crippen LogP contribution < -0.4 is 0 Å². The van der Waals surface area contributed by atoms with Gasteiger partial charge in [-0.25, -0.2) is 4.52 Å². The van der Waals surface area contributed by atoms with Gasteiger partial charge < -0.3 is 4.98 Å². The number of aryl methyl sites for hydroxylation is 1. The van der Waals surface area contributed by atoms with E-state index in [2.05, 4.69) is 28.1 Å². The lowest BCUT2D eigenvalue weighted by Gasteiger charge is -2.16. The number of aromatic amines is 1. The summed E-state index contributed by atoms with van der Waals surface area (Å²) in [5.41, 5.74) is 4.84. The Morgan fingerprint density at radius 1 is 1.33 bits per heavy atom. The summed E-state index contributed by atoms with van der Waals surface area (Å²) in [6.07, 6.45) is 7.25. The SMILES string of the molecule is CC1CN=CC(=NC(C(=O)c2c[nH]c3c(CCC#N)cccc23)c2cc3ccccn3n2)C1. The summed E-state index contributed by atoms with van der Waals surface area (Å²) >= 11 is 0. The number of aliphatic imine (C=N–C) groups is 2. The lowest BCUT2D eigenvalue weighted by molar-refractivity contribution is 0.0962. The first-order valence-electron chi connectivity index (χ1n) is 11.1. The molecule has 4 aromatic rings. The average molecular weight is 437 g/mol. The molecule has 1 aliphatic rings. The Labute approximate surface area is 191 Å². The summed E-state index contributed by atoms with van der Waals surface area (Å²) in [5.74, 6) is 0.280.